The van der Waals surface area contributed by atoms with E-state index in [1.54, 1.807) is 12.1 Å². The molecule has 0 aromatic heterocycles. The number of alkyl halides is 1. The van der Waals surface area contributed by atoms with E-state index < -0.39 is 11.9 Å². The van der Waals surface area contributed by atoms with Crippen molar-refractivity contribution >= 4 is 17.7 Å². The van der Waals surface area contributed by atoms with E-state index in [1.165, 1.54) is 12.1 Å². The van der Waals surface area contributed by atoms with Gasteiger partial charge in [0.25, 0.3) is 0 Å². The van der Waals surface area contributed by atoms with Gasteiger partial charge in [0, 0.05) is 15.6 Å². The lowest BCUT2D eigenvalue weighted by molar-refractivity contribution is 0.100. The lowest BCUT2D eigenvalue weighted by Gasteiger charge is -1.96. The smallest absolute Gasteiger partial charge is 0.263 e. The van der Waals surface area contributed by atoms with Gasteiger partial charge >= 0.3 is 5.91 Å². The first-order chi connectivity index (χ1) is 6.27. The van der Waals surface area contributed by atoms with Crippen molar-refractivity contribution in [2.24, 2.45) is 5.18 Å². The number of hydrogen-bond acceptors (Lipinski definition) is 3. The van der Waals surface area contributed by atoms with Gasteiger partial charge in [-0.1, -0.05) is 11.8 Å². The number of thioether (sulfide) groups is 1. The second-order valence-electron chi connectivity index (χ2n) is 2.17. The zero-order chi connectivity index (χ0) is 9.68. The van der Waals surface area contributed by atoms with Crippen molar-refractivity contribution in [2.75, 3.05) is 6.01 Å². The summed E-state index contributed by atoms with van der Waals surface area (Å²) in [5.74, 6) is -0.809. The second kappa shape index (κ2) is 4.71. The molecular formula is C8H6FNO2S. The molecule has 0 bridgehead atoms. The highest BCUT2D eigenvalue weighted by Gasteiger charge is 2.04. The minimum absolute atomic E-state index is 0.221. The normalized spacial score (nSPS) is 9.62. The molecule has 0 unspecified atom stereocenters. The molecule has 1 amide bonds. The van der Waals surface area contributed by atoms with Crippen LogP contribution in [0.2, 0.25) is 0 Å². The fraction of sp³-hybridized carbons (Fsp3) is 0.125. The Balaban J connectivity index is 2.80. The standard InChI is InChI=1S/C8H6FNO2S/c9-5-13-7-3-1-6(2-4-7)8(11)10-12/h1-4H,5H2. The third-order valence-electron chi connectivity index (χ3n) is 1.41. The van der Waals surface area contributed by atoms with E-state index in [0.717, 1.165) is 11.8 Å². The summed E-state index contributed by atoms with van der Waals surface area (Å²) in [5, 5.41) is 2.26. The second-order valence-corrected chi connectivity index (χ2v) is 3.15. The van der Waals surface area contributed by atoms with Gasteiger partial charge in [-0.05, 0) is 24.3 Å². The number of halogens is 1. The molecule has 5 heteroatoms. The highest BCUT2D eigenvalue weighted by Crippen LogP contribution is 2.18. The topological polar surface area (TPSA) is 46.5 Å². The number of nitrogens with zero attached hydrogens (tertiary/aromatic N) is 1. The highest BCUT2D eigenvalue weighted by atomic mass is 32.2. The molecule has 1 rings (SSSR count). The van der Waals surface area contributed by atoms with E-state index in [4.69, 9.17) is 0 Å². The number of carbonyl (C=O) groups excluding carboxylic acids is 1. The maximum atomic E-state index is 11.8. The van der Waals surface area contributed by atoms with Crippen LogP contribution in [0.1, 0.15) is 10.4 Å². The number of nitroso groups, excluding NO2 is 1. The summed E-state index contributed by atoms with van der Waals surface area (Å²) in [6.45, 7) is 0. The summed E-state index contributed by atoms with van der Waals surface area (Å²) in [5.41, 5.74) is 0.221. The van der Waals surface area contributed by atoms with Crippen LogP contribution in [0, 0.1) is 4.91 Å². The Hall–Kier alpha value is -1.23. The third kappa shape index (κ3) is 2.62. The van der Waals surface area contributed by atoms with E-state index in [0.29, 0.717) is 4.90 Å². The van der Waals surface area contributed by atoms with Crippen molar-refractivity contribution in [1.29, 1.82) is 0 Å². The molecular weight excluding hydrogens is 193 g/mol. The van der Waals surface area contributed by atoms with Gasteiger partial charge in [-0.25, -0.2) is 4.39 Å². The summed E-state index contributed by atoms with van der Waals surface area (Å²) < 4.78 is 11.8. The lowest BCUT2D eigenvalue weighted by Crippen LogP contribution is -1.92. The zero-order valence-electron chi connectivity index (χ0n) is 6.57. The SMILES string of the molecule is O=NC(=O)c1ccc(SCF)cc1. The molecule has 0 radical (unpaired) electrons. The Bertz CT molecular complexity index is 312. The van der Waals surface area contributed by atoms with Crippen molar-refractivity contribution in [3.63, 3.8) is 0 Å². The molecule has 0 aliphatic carbocycles. The summed E-state index contributed by atoms with van der Waals surface area (Å²) >= 11 is 1.02. The van der Waals surface area contributed by atoms with Crippen molar-refractivity contribution in [3.8, 4) is 0 Å². The van der Waals surface area contributed by atoms with Crippen molar-refractivity contribution in [3.05, 3.63) is 34.7 Å². The van der Waals surface area contributed by atoms with Crippen molar-refractivity contribution in [1.82, 2.24) is 0 Å². The van der Waals surface area contributed by atoms with Gasteiger partial charge < -0.3 is 0 Å². The van der Waals surface area contributed by atoms with E-state index in [-0.39, 0.29) is 5.56 Å². The van der Waals surface area contributed by atoms with Gasteiger partial charge in [-0.3, -0.25) is 4.79 Å². The van der Waals surface area contributed by atoms with Gasteiger partial charge in [-0.2, -0.15) is 0 Å². The molecule has 1 aromatic carbocycles. The van der Waals surface area contributed by atoms with Crippen LogP contribution in [0.25, 0.3) is 0 Å². The van der Waals surface area contributed by atoms with Gasteiger partial charge in [0.1, 0.15) is 6.01 Å². The molecule has 0 spiro atoms. The Morgan fingerprint density at radius 3 is 2.46 bits per heavy atom. The predicted octanol–water partition coefficient (Wildman–Crippen LogP) is 2.61. The largest absolute Gasteiger partial charge is 0.316 e. The first-order valence-electron chi connectivity index (χ1n) is 3.44. The van der Waals surface area contributed by atoms with Crippen molar-refractivity contribution in [2.45, 2.75) is 4.90 Å². The molecule has 0 fully saturated rings. The maximum Gasteiger partial charge on any atom is 0.316 e. The van der Waals surface area contributed by atoms with Crippen LogP contribution >= 0.6 is 11.8 Å². The van der Waals surface area contributed by atoms with Crippen LogP contribution in [0.5, 0.6) is 0 Å². The molecule has 0 saturated carbocycles. The highest BCUT2D eigenvalue weighted by molar-refractivity contribution is 7.99. The molecule has 0 aliphatic rings. The number of carbonyl (C=O) groups is 1. The van der Waals surface area contributed by atoms with Crippen LogP contribution in [0.3, 0.4) is 0 Å². The van der Waals surface area contributed by atoms with E-state index in [1.807, 2.05) is 0 Å². The Labute approximate surface area is 78.3 Å². The van der Waals surface area contributed by atoms with Gasteiger partial charge in [-0.15, -0.1) is 4.91 Å². The molecule has 0 atom stereocenters. The summed E-state index contributed by atoms with van der Waals surface area (Å²) in [6.07, 6.45) is 0. The number of hydrogen-bond donors (Lipinski definition) is 0. The van der Waals surface area contributed by atoms with Crippen LogP contribution in [0.15, 0.2) is 34.3 Å². The third-order valence-corrected chi connectivity index (χ3v) is 2.12. The predicted molar refractivity (Wildman–Crippen MR) is 48.4 cm³/mol. The van der Waals surface area contributed by atoms with Crippen molar-refractivity contribution < 1.29 is 9.18 Å². The molecule has 0 heterocycles. The zero-order valence-corrected chi connectivity index (χ0v) is 7.38. The molecule has 0 N–H and O–H groups in total. The van der Waals surface area contributed by atoms with E-state index in [2.05, 4.69) is 5.18 Å². The molecule has 0 aliphatic heterocycles. The van der Waals surface area contributed by atoms with E-state index in [9.17, 15) is 14.1 Å². The molecule has 1 aromatic rings. The van der Waals surface area contributed by atoms with Crippen LogP contribution in [-0.4, -0.2) is 11.9 Å². The number of benzene rings is 1. The van der Waals surface area contributed by atoms with E-state index >= 15 is 0 Å². The first-order valence-corrected chi connectivity index (χ1v) is 4.43. The van der Waals surface area contributed by atoms with Crippen LogP contribution < -0.4 is 0 Å². The molecule has 13 heavy (non-hydrogen) atoms. The first kappa shape index (κ1) is 9.85. The van der Waals surface area contributed by atoms with Gasteiger partial charge in [0.2, 0.25) is 0 Å². The summed E-state index contributed by atoms with van der Waals surface area (Å²) in [7, 11) is 0. The Morgan fingerprint density at radius 1 is 1.38 bits per heavy atom. The monoisotopic (exact) mass is 199 g/mol. The molecule has 68 valence electrons. The Morgan fingerprint density at radius 2 is 2.00 bits per heavy atom. The maximum absolute atomic E-state index is 11.8. The Kier molecular flexibility index (Phi) is 3.57. The quantitative estimate of drug-likeness (QED) is 0.555. The van der Waals surface area contributed by atoms with Gasteiger partial charge in [0.05, 0.1) is 0 Å². The number of amides is 1. The fourth-order valence-electron chi connectivity index (χ4n) is 0.809. The average molecular weight is 199 g/mol. The molecule has 3 nitrogen and oxygen atoms in total. The van der Waals surface area contributed by atoms with Gasteiger partial charge in [0.15, 0.2) is 0 Å². The summed E-state index contributed by atoms with van der Waals surface area (Å²) in [4.78, 5) is 21.3. The van der Waals surface area contributed by atoms with Crippen LogP contribution in [0.4, 0.5) is 4.39 Å². The van der Waals surface area contributed by atoms with Crippen LogP contribution in [-0.2, 0) is 0 Å². The number of rotatable bonds is 3. The fourth-order valence-corrected chi connectivity index (χ4v) is 1.26. The minimum atomic E-state index is -0.809. The average Bonchev–Trinajstić information content (AvgIpc) is 2.18. The minimum Gasteiger partial charge on any atom is -0.263 e. The summed E-state index contributed by atoms with van der Waals surface area (Å²) in [6, 6.07) is 5.52. The molecule has 0 saturated heterocycles. The lowest BCUT2D eigenvalue weighted by atomic mass is 10.2.